The van der Waals surface area contributed by atoms with Crippen molar-refractivity contribution in [2.45, 2.75) is 18.9 Å². The molecule has 24 heavy (non-hydrogen) atoms. The summed E-state index contributed by atoms with van der Waals surface area (Å²) in [4.78, 5) is 25.3. The van der Waals surface area contributed by atoms with Crippen molar-refractivity contribution in [2.24, 2.45) is 0 Å². The molecule has 1 N–H and O–H groups in total. The molecule has 3 rings (SSSR count). The Morgan fingerprint density at radius 3 is 2.54 bits per heavy atom. The number of hydrogen-bond donors (Lipinski definition) is 1. The van der Waals surface area contributed by atoms with Crippen molar-refractivity contribution in [3.05, 3.63) is 36.2 Å². The zero-order valence-electron chi connectivity index (χ0n) is 12.9. The first kappa shape index (κ1) is 16.1. The Morgan fingerprint density at radius 2 is 1.96 bits per heavy atom. The second-order valence-electron chi connectivity index (χ2n) is 5.47. The van der Waals surface area contributed by atoms with E-state index in [1.54, 1.807) is 24.3 Å². The van der Waals surface area contributed by atoms with Gasteiger partial charge in [-0.3, -0.25) is 9.59 Å². The molecule has 0 unspecified atom stereocenters. The molecular weight excluding hydrogens is 314 g/mol. The van der Waals surface area contributed by atoms with E-state index in [9.17, 15) is 9.59 Å². The zero-order chi connectivity index (χ0) is 16.9. The highest BCUT2D eigenvalue weighted by Crippen LogP contribution is 2.18. The van der Waals surface area contributed by atoms with Crippen LogP contribution in [0.25, 0.3) is 5.69 Å². The molecule has 0 aliphatic carbocycles. The van der Waals surface area contributed by atoms with Gasteiger partial charge in [0, 0.05) is 24.8 Å². The standard InChI is InChI=1S/C15H17N5O4/c21-14(22)9-19(12-5-7-24-8-6-12)15(23)11-1-3-13(4-2-11)20-10-16-17-18-20/h1-4,10,12H,5-9H2,(H,21,22). The predicted octanol–water partition coefficient (Wildman–Crippen LogP) is 0.368. The minimum absolute atomic E-state index is 0.124. The lowest BCUT2D eigenvalue weighted by Crippen LogP contribution is -2.46. The molecule has 0 atom stereocenters. The summed E-state index contributed by atoms with van der Waals surface area (Å²) in [6.07, 6.45) is 2.74. The highest BCUT2D eigenvalue weighted by atomic mass is 16.5. The Hall–Kier alpha value is -2.81. The van der Waals surface area contributed by atoms with E-state index in [2.05, 4.69) is 15.5 Å². The van der Waals surface area contributed by atoms with E-state index in [1.807, 2.05) is 0 Å². The van der Waals surface area contributed by atoms with Crippen LogP contribution < -0.4 is 0 Å². The number of benzene rings is 1. The van der Waals surface area contributed by atoms with E-state index in [1.165, 1.54) is 15.9 Å². The third kappa shape index (κ3) is 3.57. The molecule has 0 radical (unpaired) electrons. The van der Waals surface area contributed by atoms with Gasteiger partial charge in [-0.2, -0.15) is 0 Å². The molecule has 1 saturated heterocycles. The third-order valence-electron chi connectivity index (χ3n) is 3.93. The second kappa shape index (κ2) is 7.18. The van der Waals surface area contributed by atoms with Gasteiger partial charge in [0.2, 0.25) is 0 Å². The van der Waals surface area contributed by atoms with Crippen LogP contribution in [0, 0.1) is 0 Å². The minimum atomic E-state index is -1.03. The number of nitrogens with zero attached hydrogens (tertiary/aromatic N) is 5. The molecule has 0 bridgehead atoms. The van der Waals surface area contributed by atoms with Crippen molar-refractivity contribution >= 4 is 11.9 Å². The van der Waals surface area contributed by atoms with Gasteiger partial charge in [0.25, 0.3) is 5.91 Å². The Kier molecular flexibility index (Phi) is 4.80. The van der Waals surface area contributed by atoms with E-state index in [4.69, 9.17) is 9.84 Å². The van der Waals surface area contributed by atoms with Crippen molar-refractivity contribution in [3.8, 4) is 5.69 Å². The number of amides is 1. The number of tetrazole rings is 1. The second-order valence-corrected chi connectivity index (χ2v) is 5.47. The molecule has 9 heteroatoms. The van der Waals surface area contributed by atoms with Crippen LogP contribution in [0.4, 0.5) is 0 Å². The highest BCUT2D eigenvalue weighted by Gasteiger charge is 2.28. The Labute approximate surface area is 137 Å². The van der Waals surface area contributed by atoms with Crippen LogP contribution in [0.5, 0.6) is 0 Å². The molecule has 1 fully saturated rings. The van der Waals surface area contributed by atoms with Crippen LogP contribution in [0.1, 0.15) is 23.2 Å². The van der Waals surface area contributed by atoms with Crippen LogP contribution in [0.15, 0.2) is 30.6 Å². The van der Waals surface area contributed by atoms with Gasteiger partial charge in [-0.05, 0) is 47.5 Å². The maximum absolute atomic E-state index is 12.8. The highest BCUT2D eigenvalue weighted by molar-refractivity contribution is 5.96. The molecule has 0 saturated carbocycles. The average molecular weight is 331 g/mol. The molecule has 1 amide bonds. The van der Waals surface area contributed by atoms with Gasteiger partial charge in [0.1, 0.15) is 12.9 Å². The largest absolute Gasteiger partial charge is 0.480 e. The Bertz CT molecular complexity index is 695. The molecular formula is C15H17N5O4. The summed E-state index contributed by atoms with van der Waals surface area (Å²) >= 11 is 0. The predicted molar refractivity (Wildman–Crippen MR) is 81.7 cm³/mol. The van der Waals surface area contributed by atoms with Gasteiger partial charge >= 0.3 is 5.97 Å². The van der Waals surface area contributed by atoms with Crippen molar-refractivity contribution in [1.82, 2.24) is 25.1 Å². The molecule has 1 aromatic heterocycles. The number of hydrogen-bond acceptors (Lipinski definition) is 6. The van der Waals surface area contributed by atoms with E-state index in [-0.39, 0.29) is 18.5 Å². The summed E-state index contributed by atoms with van der Waals surface area (Å²) in [7, 11) is 0. The monoisotopic (exact) mass is 331 g/mol. The van der Waals surface area contributed by atoms with Crippen LogP contribution in [-0.2, 0) is 9.53 Å². The van der Waals surface area contributed by atoms with E-state index < -0.39 is 5.97 Å². The molecule has 1 aromatic carbocycles. The first-order valence-electron chi connectivity index (χ1n) is 7.59. The van der Waals surface area contributed by atoms with Gasteiger partial charge in [-0.15, -0.1) is 5.10 Å². The van der Waals surface area contributed by atoms with Gasteiger partial charge in [-0.25, -0.2) is 4.68 Å². The lowest BCUT2D eigenvalue weighted by molar-refractivity contribution is -0.138. The Morgan fingerprint density at radius 1 is 1.25 bits per heavy atom. The maximum Gasteiger partial charge on any atom is 0.323 e. The third-order valence-corrected chi connectivity index (χ3v) is 3.93. The summed E-state index contributed by atoms with van der Waals surface area (Å²) in [5.41, 5.74) is 1.15. The van der Waals surface area contributed by atoms with E-state index in [0.29, 0.717) is 37.3 Å². The van der Waals surface area contributed by atoms with Gasteiger partial charge in [0.15, 0.2) is 0 Å². The van der Waals surface area contributed by atoms with Crippen LogP contribution in [0.2, 0.25) is 0 Å². The topological polar surface area (TPSA) is 110 Å². The van der Waals surface area contributed by atoms with E-state index >= 15 is 0 Å². The normalized spacial score (nSPS) is 15.2. The molecule has 1 aliphatic heterocycles. The van der Waals surface area contributed by atoms with Gasteiger partial charge in [0.05, 0.1) is 5.69 Å². The van der Waals surface area contributed by atoms with Crippen LogP contribution in [-0.4, -0.2) is 67.9 Å². The van der Waals surface area contributed by atoms with Gasteiger partial charge < -0.3 is 14.7 Å². The number of carboxylic acid groups (broad SMARTS) is 1. The summed E-state index contributed by atoms with van der Waals surface area (Å²) in [5.74, 6) is -1.33. The maximum atomic E-state index is 12.8. The van der Waals surface area contributed by atoms with Crippen molar-refractivity contribution < 1.29 is 19.4 Å². The fourth-order valence-corrected chi connectivity index (χ4v) is 2.71. The Balaban J connectivity index is 1.79. The number of ether oxygens (including phenoxy) is 1. The summed E-state index contributed by atoms with van der Waals surface area (Å²) in [6.45, 7) is 0.747. The van der Waals surface area contributed by atoms with Crippen LogP contribution >= 0.6 is 0 Å². The number of carbonyl (C=O) groups is 2. The number of rotatable bonds is 5. The molecule has 2 aromatic rings. The van der Waals surface area contributed by atoms with E-state index in [0.717, 1.165) is 0 Å². The molecule has 9 nitrogen and oxygen atoms in total. The molecule has 1 aliphatic rings. The summed E-state index contributed by atoms with van der Waals surface area (Å²) in [6, 6.07) is 6.60. The lowest BCUT2D eigenvalue weighted by atomic mass is 10.1. The number of aromatic nitrogens is 4. The fourth-order valence-electron chi connectivity index (χ4n) is 2.71. The first-order valence-corrected chi connectivity index (χ1v) is 7.59. The number of carbonyl (C=O) groups excluding carboxylic acids is 1. The summed E-state index contributed by atoms with van der Waals surface area (Å²) in [5, 5.41) is 20.0. The smallest absolute Gasteiger partial charge is 0.323 e. The number of aliphatic carboxylic acids is 1. The molecule has 0 spiro atoms. The zero-order valence-corrected chi connectivity index (χ0v) is 12.9. The fraction of sp³-hybridized carbons (Fsp3) is 0.400. The SMILES string of the molecule is O=C(O)CN(C(=O)c1ccc(-n2cnnn2)cc1)C1CCOCC1. The van der Waals surface area contributed by atoms with Crippen molar-refractivity contribution in [3.63, 3.8) is 0 Å². The van der Waals surface area contributed by atoms with Gasteiger partial charge in [-0.1, -0.05) is 0 Å². The first-order chi connectivity index (χ1) is 11.6. The van der Waals surface area contributed by atoms with Crippen LogP contribution in [0.3, 0.4) is 0 Å². The average Bonchev–Trinajstić information content (AvgIpc) is 3.14. The quantitative estimate of drug-likeness (QED) is 0.842. The minimum Gasteiger partial charge on any atom is -0.480 e. The van der Waals surface area contributed by atoms with Crippen molar-refractivity contribution in [2.75, 3.05) is 19.8 Å². The summed E-state index contributed by atoms with van der Waals surface area (Å²) < 4.78 is 6.76. The lowest BCUT2D eigenvalue weighted by Gasteiger charge is -2.33. The van der Waals surface area contributed by atoms with Crippen molar-refractivity contribution in [1.29, 1.82) is 0 Å². The molecule has 2 heterocycles. The number of carboxylic acids is 1. The molecule has 126 valence electrons.